The lowest BCUT2D eigenvalue weighted by molar-refractivity contribution is -0.116. The quantitative estimate of drug-likeness (QED) is 0.485. The summed E-state index contributed by atoms with van der Waals surface area (Å²) in [6, 6.07) is 11.8. The van der Waals surface area contributed by atoms with E-state index in [9.17, 15) is 13.6 Å². The van der Waals surface area contributed by atoms with Crippen molar-refractivity contribution in [2.45, 2.75) is 18.5 Å². The second kappa shape index (κ2) is 8.83. The SMILES string of the molecule is CCN(C(=O)CSc1nnc(Cc2ccc(F)cc2)n1N)c1ccc(F)cc1. The van der Waals surface area contributed by atoms with E-state index in [2.05, 4.69) is 10.2 Å². The van der Waals surface area contributed by atoms with Gasteiger partial charge in [-0.05, 0) is 48.9 Å². The van der Waals surface area contributed by atoms with Gasteiger partial charge in [0.05, 0.1) is 5.75 Å². The molecule has 0 spiro atoms. The highest BCUT2D eigenvalue weighted by Crippen LogP contribution is 2.20. The summed E-state index contributed by atoms with van der Waals surface area (Å²) < 4.78 is 27.4. The molecule has 0 aliphatic carbocycles. The molecule has 0 saturated carbocycles. The van der Waals surface area contributed by atoms with Crippen LogP contribution < -0.4 is 10.7 Å². The molecule has 3 rings (SSSR count). The fraction of sp³-hybridized carbons (Fsp3) is 0.211. The molecule has 28 heavy (non-hydrogen) atoms. The highest BCUT2D eigenvalue weighted by Gasteiger charge is 2.17. The van der Waals surface area contributed by atoms with E-state index in [-0.39, 0.29) is 23.3 Å². The number of nitrogens with zero attached hydrogens (tertiary/aromatic N) is 4. The van der Waals surface area contributed by atoms with Gasteiger partial charge in [-0.25, -0.2) is 13.5 Å². The molecule has 0 bridgehead atoms. The van der Waals surface area contributed by atoms with Crippen LogP contribution in [0.2, 0.25) is 0 Å². The maximum Gasteiger partial charge on any atom is 0.237 e. The zero-order valence-electron chi connectivity index (χ0n) is 15.2. The Morgan fingerprint density at radius 3 is 2.29 bits per heavy atom. The standard InChI is InChI=1S/C19H19F2N5OS/c1-2-25(16-9-7-15(21)8-10-16)18(27)12-28-19-24-23-17(26(19)22)11-13-3-5-14(20)6-4-13/h3-10H,2,11-12,22H2,1H3. The molecular weight excluding hydrogens is 384 g/mol. The molecule has 0 fully saturated rings. The van der Waals surface area contributed by atoms with Crippen molar-refractivity contribution in [1.82, 2.24) is 14.9 Å². The third-order valence-corrected chi connectivity index (χ3v) is 5.02. The summed E-state index contributed by atoms with van der Waals surface area (Å²) in [5.41, 5.74) is 1.47. The van der Waals surface area contributed by atoms with E-state index in [4.69, 9.17) is 5.84 Å². The monoisotopic (exact) mass is 403 g/mol. The summed E-state index contributed by atoms with van der Waals surface area (Å²) in [7, 11) is 0. The van der Waals surface area contributed by atoms with Gasteiger partial charge in [0.2, 0.25) is 11.1 Å². The van der Waals surface area contributed by atoms with Crippen molar-refractivity contribution in [3.63, 3.8) is 0 Å². The van der Waals surface area contributed by atoms with Crippen LogP contribution in [0, 0.1) is 11.6 Å². The van der Waals surface area contributed by atoms with Gasteiger partial charge in [-0.3, -0.25) is 4.79 Å². The third kappa shape index (κ3) is 4.66. The summed E-state index contributed by atoms with van der Waals surface area (Å²) in [5, 5.41) is 8.48. The zero-order valence-corrected chi connectivity index (χ0v) is 16.0. The van der Waals surface area contributed by atoms with Crippen LogP contribution in [0.25, 0.3) is 0 Å². The Kier molecular flexibility index (Phi) is 6.25. The average molecular weight is 403 g/mol. The highest BCUT2D eigenvalue weighted by atomic mass is 32.2. The maximum absolute atomic E-state index is 13.1. The molecule has 1 heterocycles. The molecule has 0 atom stereocenters. The summed E-state index contributed by atoms with van der Waals surface area (Å²) >= 11 is 1.17. The molecule has 0 aliphatic heterocycles. The number of hydrogen-bond acceptors (Lipinski definition) is 5. The molecule has 1 amide bonds. The van der Waals surface area contributed by atoms with E-state index in [0.717, 1.165) is 5.56 Å². The Bertz CT molecular complexity index is 944. The number of carbonyl (C=O) groups is 1. The smallest absolute Gasteiger partial charge is 0.237 e. The summed E-state index contributed by atoms with van der Waals surface area (Å²) in [6.07, 6.45) is 0.398. The van der Waals surface area contributed by atoms with E-state index in [1.54, 1.807) is 29.2 Å². The first-order valence-electron chi connectivity index (χ1n) is 8.60. The van der Waals surface area contributed by atoms with Gasteiger partial charge < -0.3 is 10.7 Å². The van der Waals surface area contributed by atoms with Crippen molar-refractivity contribution in [3.05, 3.63) is 71.6 Å². The first-order valence-corrected chi connectivity index (χ1v) is 9.59. The molecule has 6 nitrogen and oxygen atoms in total. The number of benzene rings is 2. The lowest BCUT2D eigenvalue weighted by Gasteiger charge is -2.20. The van der Waals surface area contributed by atoms with E-state index < -0.39 is 0 Å². The number of amides is 1. The first kappa shape index (κ1) is 19.8. The van der Waals surface area contributed by atoms with Gasteiger partial charge in [0, 0.05) is 18.7 Å². The van der Waals surface area contributed by atoms with Crippen molar-refractivity contribution in [2.75, 3.05) is 23.0 Å². The summed E-state index contributed by atoms with van der Waals surface area (Å²) in [4.78, 5) is 14.1. The van der Waals surface area contributed by atoms with Crippen LogP contribution in [-0.2, 0) is 11.2 Å². The van der Waals surface area contributed by atoms with Crippen molar-refractivity contribution in [3.8, 4) is 0 Å². The number of nitrogen functional groups attached to an aromatic ring is 1. The maximum atomic E-state index is 13.1. The minimum Gasteiger partial charge on any atom is -0.336 e. The lowest BCUT2D eigenvalue weighted by Crippen LogP contribution is -2.32. The van der Waals surface area contributed by atoms with E-state index in [1.165, 1.54) is 40.7 Å². The minimum absolute atomic E-state index is 0.108. The molecule has 3 aromatic rings. The van der Waals surface area contributed by atoms with Gasteiger partial charge in [-0.2, -0.15) is 0 Å². The molecule has 0 aliphatic rings. The highest BCUT2D eigenvalue weighted by molar-refractivity contribution is 7.99. The molecule has 0 unspecified atom stereocenters. The largest absolute Gasteiger partial charge is 0.336 e. The van der Waals surface area contributed by atoms with Crippen LogP contribution in [0.15, 0.2) is 53.7 Å². The van der Waals surface area contributed by atoms with Gasteiger partial charge in [-0.1, -0.05) is 23.9 Å². The predicted molar refractivity (Wildman–Crippen MR) is 105 cm³/mol. The second-order valence-electron chi connectivity index (χ2n) is 5.98. The van der Waals surface area contributed by atoms with Crippen molar-refractivity contribution >= 4 is 23.4 Å². The third-order valence-electron chi connectivity index (χ3n) is 4.09. The molecule has 0 saturated heterocycles. The van der Waals surface area contributed by atoms with Gasteiger partial charge in [-0.15, -0.1) is 10.2 Å². The number of rotatable bonds is 7. The van der Waals surface area contributed by atoms with E-state index in [1.807, 2.05) is 6.92 Å². The molecule has 0 radical (unpaired) electrons. The van der Waals surface area contributed by atoms with Crippen LogP contribution >= 0.6 is 11.8 Å². The lowest BCUT2D eigenvalue weighted by atomic mass is 10.1. The Morgan fingerprint density at radius 2 is 1.68 bits per heavy atom. The van der Waals surface area contributed by atoms with Crippen LogP contribution in [0.4, 0.5) is 14.5 Å². The second-order valence-corrected chi connectivity index (χ2v) is 6.92. The fourth-order valence-electron chi connectivity index (χ4n) is 2.64. The fourth-order valence-corrected chi connectivity index (χ4v) is 3.39. The topological polar surface area (TPSA) is 77.0 Å². The minimum atomic E-state index is -0.355. The molecule has 2 N–H and O–H groups in total. The van der Waals surface area contributed by atoms with Crippen LogP contribution in [0.1, 0.15) is 18.3 Å². The van der Waals surface area contributed by atoms with Crippen molar-refractivity contribution in [2.24, 2.45) is 0 Å². The Hall–Kier alpha value is -2.94. The number of carbonyl (C=O) groups excluding carboxylic acids is 1. The van der Waals surface area contributed by atoms with Gasteiger partial charge in [0.15, 0.2) is 5.82 Å². The molecular formula is C19H19F2N5OS. The average Bonchev–Trinajstić information content (AvgIpc) is 3.03. The summed E-state index contributed by atoms with van der Waals surface area (Å²) in [5.74, 6) is 5.83. The Labute approximate surface area is 165 Å². The van der Waals surface area contributed by atoms with Crippen LogP contribution in [-0.4, -0.2) is 33.1 Å². The van der Waals surface area contributed by atoms with Gasteiger partial charge >= 0.3 is 0 Å². The number of nitrogens with two attached hydrogens (primary N) is 1. The number of halogens is 2. The number of hydrogen-bond donors (Lipinski definition) is 1. The Morgan fingerprint density at radius 1 is 1.07 bits per heavy atom. The van der Waals surface area contributed by atoms with Gasteiger partial charge in [0.1, 0.15) is 11.6 Å². The number of thioether (sulfide) groups is 1. The Balaban J connectivity index is 1.63. The van der Waals surface area contributed by atoms with Gasteiger partial charge in [0.25, 0.3) is 0 Å². The molecule has 9 heteroatoms. The first-order chi connectivity index (χ1) is 13.5. The van der Waals surface area contributed by atoms with Crippen LogP contribution in [0.5, 0.6) is 0 Å². The number of aromatic nitrogens is 3. The summed E-state index contributed by atoms with van der Waals surface area (Å²) in [6.45, 7) is 2.30. The number of anilines is 1. The van der Waals surface area contributed by atoms with E-state index >= 15 is 0 Å². The van der Waals surface area contributed by atoms with E-state index in [0.29, 0.717) is 29.6 Å². The van der Waals surface area contributed by atoms with Crippen LogP contribution in [0.3, 0.4) is 0 Å². The van der Waals surface area contributed by atoms with Crippen molar-refractivity contribution < 1.29 is 13.6 Å². The molecule has 2 aromatic carbocycles. The predicted octanol–water partition coefficient (Wildman–Crippen LogP) is 3.01. The van der Waals surface area contributed by atoms with Crippen molar-refractivity contribution in [1.29, 1.82) is 0 Å². The normalized spacial score (nSPS) is 10.8. The molecule has 146 valence electrons. The zero-order chi connectivity index (χ0) is 20.1. The molecule has 1 aromatic heterocycles.